The van der Waals surface area contributed by atoms with Gasteiger partial charge in [0.25, 0.3) is 0 Å². The smallest absolute Gasteiger partial charge is 0.358 e. The Bertz CT molecular complexity index is 797. The molecule has 0 atom stereocenters. The van der Waals surface area contributed by atoms with E-state index in [2.05, 4.69) is 9.99 Å². The molecule has 0 spiro atoms. The van der Waals surface area contributed by atoms with Crippen LogP contribution in [0.25, 0.3) is 6.08 Å². The third kappa shape index (κ3) is 5.52. The summed E-state index contributed by atoms with van der Waals surface area (Å²) in [5, 5.41) is 12.9. The summed E-state index contributed by atoms with van der Waals surface area (Å²) in [5.41, 5.74) is 1.77. The minimum atomic E-state index is -1.18. The molecule has 0 aliphatic rings. The molecule has 0 aliphatic heterocycles. The maximum Gasteiger partial charge on any atom is 0.358 e. The zero-order valence-corrected chi connectivity index (χ0v) is 14.8. The molecular formula is C18H15Cl2NO4. The number of aliphatic carboxylic acids is 1. The van der Waals surface area contributed by atoms with Gasteiger partial charge in [0.15, 0.2) is 5.71 Å². The van der Waals surface area contributed by atoms with Gasteiger partial charge in [-0.1, -0.05) is 64.8 Å². The number of carboxylic acid groups (broad SMARTS) is 1. The van der Waals surface area contributed by atoms with E-state index in [1.54, 1.807) is 54.6 Å². The molecule has 7 heteroatoms. The first-order valence-corrected chi connectivity index (χ1v) is 7.95. The minimum Gasteiger partial charge on any atom is -0.489 e. The Labute approximate surface area is 155 Å². The third-order valence-corrected chi connectivity index (χ3v) is 3.43. The number of hydrogen-bond donors (Lipinski definition) is 1. The summed E-state index contributed by atoms with van der Waals surface area (Å²) in [6, 6.07) is 14.1. The van der Waals surface area contributed by atoms with Crippen LogP contribution in [0.2, 0.25) is 0 Å². The van der Waals surface area contributed by atoms with Crippen molar-refractivity contribution in [1.82, 2.24) is 0 Å². The molecule has 0 saturated heterocycles. The Balaban J connectivity index is 2.17. The molecule has 0 saturated carbocycles. The summed E-state index contributed by atoms with van der Waals surface area (Å²) in [6.07, 6.45) is 1.61. The molecule has 5 nitrogen and oxygen atoms in total. The summed E-state index contributed by atoms with van der Waals surface area (Å²) >= 11 is 11.2. The molecule has 0 fully saturated rings. The fourth-order valence-corrected chi connectivity index (χ4v) is 2.37. The summed E-state index contributed by atoms with van der Waals surface area (Å²) in [5.74, 6) is -0.554. The van der Waals surface area contributed by atoms with Crippen molar-refractivity contribution in [1.29, 1.82) is 0 Å². The normalized spacial score (nSPS) is 10.9. The van der Waals surface area contributed by atoms with E-state index < -0.39 is 5.97 Å². The van der Waals surface area contributed by atoms with Crippen LogP contribution in [0.15, 0.2) is 58.2 Å². The number of carbonyl (C=O) groups is 1. The largest absolute Gasteiger partial charge is 0.489 e. The second-order valence-electron chi connectivity index (χ2n) is 4.88. The fraction of sp³-hybridized carbons (Fsp3) is 0.111. The second kappa shape index (κ2) is 9.11. The van der Waals surface area contributed by atoms with E-state index in [0.717, 1.165) is 5.56 Å². The quantitative estimate of drug-likeness (QED) is 0.568. The predicted molar refractivity (Wildman–Crippen MR) is 98.1 cm³/mol. The third-order valence-electron chi connectivity index (χ3n) is 3.21. The maximum atomic E-state index is 11.4. The summed E-state index contributed by atoms with van der Waals surface area (Å²) in [6.45, 7) is 0.178. The number of ether oxygens (including phenoxy) is 1. The lowest BCUT2D eigenvalue weighted by Gasteiger charge is -2.11. The number of rotatable bonds is 7. The highest BCUT2D eigenvalue weighted by Crippen LogP contribution is 2.19. The van der Waals surface area contributed by atoms with Crippen LogP contribution in [-0.2, 0) is 16.2 Å². The van der Waals surface area contributed by atoms with Gasteiger partial charge >= 0.3 is 5.97 Å². The van der Waals surface area contributed by atoms with E-state index in [1.807, 2.05) is 0 Å². The minimum absolute atomic E-state index is 0.168. The van der Waals surface area contributed by atoms with E-state index in [1.165, 1.54) is 7.11 Å². The highest BCUT2D eigenvalue weighted by atomic mass is 35.5. The average Bonchev–Trinajstić information content (AvgIpc) is 2.59. The standard InChI is InChI=1S/C18H15Cl2NO4/c1-24-21-17(18(22)23)15-5-3-2-4-13(15)11-25-14-8-6-12(7-9-14)10-16(19)20/h2-10H,11H2,1H3,(H,22,23). The number of hydrogen-bond acceptors (Lipinski definition) is 4. The lowest BCUT2D eigenvalue weighted by molar-refractivity contribution is -0.129. The van der Waals surface area contributed by atoms with Crippen molar-refractivity contribution in [2.24, 2.45) is 5.16 Å². The van der Waals surface area contributed by atoms with Gasteiger partial charge in [0, 0.05) is 5.56 Å². The molecule has 25 heavy (non-hydrogen) atoms. The van der Waals surface area contributed by atoms with Crippen LogP contribution >= 0.6 is 23.2 Å². The van der Waals surface area contributed by atoms with Crippen LogP contribution in [0.1, 0.15) is 16.7 Å². The van der Waals surface area contributed by atoms with Gasteiger partial charge in [0.05, 0.1) is 0 Å². The molecule has 0 heterocycles. The fourth-order valence-electron chi connectivity index (χ4n) is 2.12. The molecule has 2 aromatic carbocycles. The van der Waals surface area contributed by atoms with Crippen molar-refractivity contribution in [2.45, 2.75) is 6.61 Å². The summed E-state index contributed by atoms with van der Waals surface area (Å²) < 4.78 is 5.89. The molecule has 0 radical (unpaired) electrons. The highest BCUT2D eigenvalue weighted by Gasteiger charge is 2.17. The number of halogens is 2. The van der Waals surface area contributed by atoms with Gasteiger partial charge in [0.1, 0.15) is 24.0 Å². The Hall–Kier alpha value is -2.50. The van der Waals surface area contributed by atoms with Crippen LogP contribution < -0.4 is 4.74 Å². The predicted octanol–water partition coefficient (Wildman–Crippen LogP) is 4.48. The first kappa shape index (κ1) is 18.8. The van der Waals surface area contributed by atoms with Crippen LogP contribution in [-0.4, -0.2) is 23.9 Å². The number of benzene rings is 2. The van der Waals surface area contributed by atoms with Gasteiger partial charge in [0.2, 0.25) is 0 Å². The van der Waals surface area contributed by atoms with Gasteiger partial charge < -0.3 is 14.7 Å². The summed E-state index contributed by atoms with van der Waals surface area (Å²) in [4.78, 5) is 16.0. The lowest BCUT2D eigenvalue weighted by Crippen LogP contribution is -2.17. The van der Waals surface area contributed by atoms with Crippen molar-refractivity contribution >= 4 is 41.0 Å². The lowest BCUT2D eigenvalue weighted by atomic mass is 10.0. The van der Waals surface area contributed by atoms with E-state index in [9.17, 15) is 9.90 Å². The maximum absolute atomic E-state index is 11.4. The van der Waals surface area contributed by atoms with Gasteiger partial charge in [-0.15, -0.1) is 0 Å². The van der Waals surface area contributed by atoms with Crippen molar-refractivity contribution in [2.75, 3.05) is 7.11 Å². The monoisotopic (exact) mass is 379 g/mol. The zero-order chi connectivity index (χ0) is 18.2. The first-order valence-electron chi connectivity index (χ1n) is 7.19. The van der Waals surface area contributed by atoms with E-state index in [4.69, 9.17) is 27.9 Å². The van der Waals surface area contributed by atoms with Crippen molar-refractivity contribution in [3.63, 3.8) is 0 Å². The Morgan fingerprint density at radius 1 is 1.16 bits per heavy atom. The van der Waals surface area contributed by atoms with Crippen molar-refractivity contribution in [3.8, 4) is 5.75 Å². The van der Waals surface area contributed by atoms with Crippen molar-refractivity contribution in [3.05, 3.63) is 69.7 Å². The molecule has 0 aliphatic carbocycles. The number of nitrogens with zero attached hydrogens (tertiary/aromatic N) is 1. The second-order valence-corrected chi connectivity index (χ2v) is 5.88. The molecule has 2 rings (SSSR count). The van der Waals surface area contributed by atoms with E-state index >= 15 is 0 Å². The Morgan fingerprint density at radius 2 is 1.84 bits per heavy atom. The molecule has 0 unspecified atom stereocenters. The number of oxime groups is 1. The number of carboxylic acids is 1. The van der Waals surface area contributed by atoms with Crippen LogP contribution in [0.3, 0.4) is 0 Å². The molecule has 0 amide bonds. The van der Waals surface area contributed by atoms with Gasteiger partial charge in [-0.25, -0.2) is 4.79 Å². The topological polar surface area (TPSA) is 68.1 Å². The Morgan fingerprint density at radius 3 is 2.44 bits per heavy atom. The molecule has 0 bridgehead atoms. The Kier molecular flexibility index (Phi) is 6.86. The van der Waals surface area contributed by atoms with Gasteiger partial charge in [-0.3, -0.25) is 0 Å². The highest BCUT2D eigenvalue weighted by molar-refractivity contribution is 6.57. The van der Waals surface area contributed by atoms with Crippen LogP contribution in [0.4, 0.5) is 0 Å². The van der Waals surface area contributed by atoms with Crippen LogP contribution in [0, 0.1) is 0 Å². The summed E-state index contributed by atoms with van der Waals surface area (Å²) in [7, 11) is 1.30. The first-order chi connectivity index (χ1) is 12.0. The SMILES string of the molecule is CON=C(C(=O)O)c1ccccc1COc1ccc(C=C(Cl)Cl)cc1. The van der Waals surface area contributed by atoms with E-state index in [0.29, 0.717) is 16.9 Å². The molecular weight excluding hydrogens is 365 g/mol. The zero-order valence-electron chi connectivity index (χ0n) is 13.3. The average molecular weight is 380 g/mol. The van der Waals surface area contributed by atoms with E-state index in [-0.39, 0.29) is 16.8 Å². The van der Waals surface area contributed by atoms with Gasteiger partial charge in [-0.05, 0) is 29.3 Å². The van der Waals surface area contributed by atoms with Gasteiger partial charge in [-0.2, -0.15) is 0 Å². The van der Waals surface area contributed by atoms with Crippen LogP contribution in [0.5, 0.6) is 5.75 Å². The van der Waals surface area contributed by atoms with Crippen molar-refractivity contribution < 1.29 is 19.5 Å². The molecule has 2 aromatic rings. The molecule has 1 N–H and O–H groups in total. The molecule has 0 aromatic heterocycles. The molecule has 130 valence electrons.